The zero-order valence-corrected chi connectivity index (χ0v) is 26.0. The van der Waals surface area contributed by atoms with Crippen LogP contribution in [-0.4, -0.2) is 87.1 Å². The molecule has 12 heteroatoms. The second-order valence-electron chi connectivity index (χ2n) is 11.5. The summed E-state index contributed by atoms with van der Waals surface area (Å²) in [5.74, 6) is -2.48. The number of aliphatic hydroxyl groups excluding tert-OH is 1. The summed E-state index contributed by atoms with van der Waals surface area (Å²) in [7, 11) is -2.44. The van der Waals surface area contributed by atoms with Gasteiger partial charge >= 0.3 is 12.1 Å². The number of nitrogens with zero attached hydrogens (tertiary/aromatic N) is 1. The average Bonchev–Trinajstić information content (AvgIpc) is 2.84. The van der Waals surface area contributed by atoms with Crippen molar-refractivity contribution in [1.82, 2.24) is 10.4 Å². The minimum atomic E-state index is -3.64. The van der Waals surface area contributed by atoms with Crippen LogP contribution in [0.15, 0.2) is 29.8 Å². The normalized spacial score (nSPS) is 15.5. The van der Waals surface area contributed by atoms with E-state index < -0.39 is 70.1 Å². The van der Waals surface area contributed by atoms with Crippen molar-refractivity contribution in [3.63, 3.8) is 0 Å². The van der Waals surface area contributed by atoms with Crippen molar-refractivity contribution in [3.05, 3.63) is 41.0 Å². The van der Waals surface area contributed by atoms with Gasteiger partial charge in [0.2, 0.25) is 0 Å². The molecule has 0 heterocycles. The van der Waals surface area contributed by atoms with E-state index in [1.165, 1.54) is 38.2 Å². The molecule has 0 bridgehead atoms. The Kier molecular flexibility index (Phi) is 11.2. The van der Waals surface area contributed by atoms with Crippen LogP contribution in [-0.2, 0) is 39.1 Å². The first-order valence-electron chi connectivity index (χ1n) is 14.6. The van der Waals surface area contributed by atoms with Crippen LogP contribution in [0.3, 0.4) is 0 Å². The number of rotatable bonds is 13. The van der Waals surface area contributed by atoms with Crippen LogP contribution in [0.4, 0.5) is 4.79 Å². The summed E-state index contributed by atoms with van der Waals surface area (Å²) >= 11 is 0. The molecule has 11 nitrogen and oxygen atoms in total. The second kappa shape index (κ2) is 14.8. The fourth-order valence-electron chi connectivity index (χ4n) is 3.68. The number of amides is 2. The van der Waals surface area contributed by atoms with Crippen LogP contribution >= 0.6 is 0 Å². The first-order chi connectivity index (χ1) is 20.0. The summed E-state index contributed by atoms with van der Waals surface area (Å²) in [6, 6.07) is 5.95. The Labute approximate surface area is 248 Å². The highest BCUT2D eigenvalue weighted by atomic mass is 32.2. The fraction of sp³-hybridized carbons (Fsp3) is 0.621. The predicted molar refractivity (Wildman–Crippen MR) is 157 cm³/mol. The lowest BCUT2D eigenvalue weighted by Crippen LogP contribution is -2.53. The van der Waals surface area contributed by atoms with Crippen LogP contribution < -0.4 is 5.43 Å². The van der Waals surface area contributed by atoms with E-state index >= 15 is 0 Å². The Balaban J connectivity index is 3.65. The monoisotopic (exact) mass is 601 g/mol. The molecule has 0 radical (unpaired) electrons. The number of ether oxygens (including phenoxy) is 3. The molecule has 232 valence electrons. The third-order valence-corrected chi connectivity index (χ3v) is 7.53. The van der Waals surface area contributed by atoms with Crippen molar-refractivity contribution in [2.45, 2.75) is 66.3 Å². The number of carbonyl (C=O) groups excluding carboxylic acids is 3. The summed E-state index contributed by atoms with van der Waals surface area (Å²) in [6.45, 7) is 6.82. The van der Waals surface area contributed by atoms with Gasteiger partial charge in [0.05, 0.1) is 43.3 Å². The molecule has 0 aliphatic rings. The molecular weight excluding hydrogens is 552 g/mol. The van der Waals surface area contributed by atoms with E-state index in [-0.39, 0.29) is 30.1 Å². The van der Waals surface area contributed by atoms with Crippen molar-refractivity contribution in [1.29, 1.82) is 0 Å². The van der Waals surface area contributed by atoms with Crippen LogP contribution in [0.1, 0.15) is 70.6 Å². The number of benzene rings is 1. The number of aliphatic hydroxyl groups is 1. The van der Waals surface area contributed by atoms with E-state index in [2.05, 4.69) is 5.43 Å². The lowest BCUT2D eigenvalue weighted by Gasteiger charge is -2.33. The Hall–Kier alpha value is -2.96. The number of hydrogen-bond acceptors (Lipinski definition) is 9. The van der Waals surface area contributed by atoms with Gasteiger partial charge in [0, 0.05) is 22.1 Å². The zero-order valence-electron chi connectivity index (χ0n) is 28.2. The van der Waals surface area contributed by atoms with E-state index in [1.807, 2.05) is 0 Å². The summed E-state index contributed by atoms with van der Waals surface area (Å²) in [5.41, 5.74) is -1.40. The van der Waals surface area contributed by atoms with E-state index in [1.54, 1.807) is 47.6 Å². The Morgan fingerprint density at radius 1 is 1.15 bits per heavy atom. The van der Waals surface area contributed by atoms with E-state index in [0.717, 1.165) is 5.01 Å². The average molecular weight is 602 g/mol. The molecule has 0 saturated carbocycles. The van der Waals surface area contributed by atoms with E-state index in [0.29, 0.717) is 5.56 Å². The summed E-state index contributed by atoms with van der Waals surface area (Å²) < 4.78 is 66.3. The highest BCUT2D eigenvalue weighted by Crippen LogP contribution is 2.28. The summed E-state index contributed by atoms with van der Waals surface area (Å²) in [5, 5.41) is 9.81. The van der Waals surface area contributed by atoms with Gasteiger partial charge < -0.3 is 19.3 Å². The Bertz CT molecular complexity index is 1310. The molecule has 0 aliphatic heterocycles. The molecule has 1 aromatic carbocycles. The SMILES string of the molecule is [2H]C([2H])([2H])C(COCC(C)(C)CS(=O)(=O)CCO)(C(=O)NN(C)C(=O)OC(C)(C)C)c1cccc(C=C(C)C(=O)OCC)c1. The highest BCUT2D eigenvalue weighted by Gasteiger charge is 2.38. The fourth-order valence-corrected chi connectivity index (χ4v) is 5.38. The van der Waals surface area contributed by atoms with E-state index in [9.17, 15) is 22.8 Å². The lowest BCUT2D eigenvalue weighted by atomic mass is 9.81. The maximum atomic E-state index is 14.0. The van der Waals surface area contributed by atoms with Crippen molar-refractivity contribution in [2.75, 3.05) is 45.0 Å². The quantitative estimate of drug-likeness (QED) is 0.197. The molecule has 2 N–H and O–H groups in total. The highest BCUT2D eigenvalue weighted by molar-refractivity contribution is 7.91. The Morgan fingerprint density at radius 3 is 2.37 bits per heavy atom. The van der Waals surface area contributed by atoms with Crippen molar-refractivity contribution < 1.29 is 46.2 Å². The van der Waals surface area contributed by atoms with Crippen molar-refractivity contribution >= 4 is 33.9 Å². The number of hydrazine groups is 1. The number of carbonyl (C=O) groups is 3. The molecule has 0 aliphatic carbocycles. The molecular formula is C29H46N2O9S. The summed E-state index contributed by atoms with van der Waals surface area (Å²) in [6.07, 6.45) is 0.537. The number of hydrogen-bond donors (Lipinski definition) is 2. The van der Waals surface area contributed by atoms with Gasteiger partial charge in [-0.1, -0.05) is 38.1 Å². The lowest BCUT2D eigenvalue weighted by molar-refractivity contribution is -0.138. The summed E-state index contributed by atoms with van der Waals surface area (Å²) in [4.78, 5) is 38.8. The van der Waals surface area contributed by atoms with Crippen LogP contribution in [0, 0.1) is 5.41 Å². The van der Waals surface area contributed by atoms with Crippen molar-refractivity contribution in [3.8, 4) is 0 Å². The minimum Gasteiger partial charge on any atom is -0.463 e. The molecule has 0 spiro atoms. The molecule has 41 heavy (non-hydrogen) atoms. The number of esters is 1. The van der Waals surface area contributed by atoms with Crippen LogP contribution in [0.2, 0.25) is 0 Å². The molecule has 1 unspecified atom stereocenters. The van der Waals surface area contributed by atoms with Gasteiger partial charge in [-0.2, -0.15) is 0 Å². The molecule has 0 aromatic heterocycles. The second-order valence-corrected chi connectivity index (χ2v) is 13.7. The van der Waals surface area contributed by atoms with Crippen molar-refractivity contribution in [2.24, 2.45) is 5.41 Å². The third-order valence-electron chi connectivity index (χ3n) is 5.51. The first kappa shape index (κ1) is 31.0. The maximum absolute atomic E-state index is 14.0. The first-order valence-corrected chi connectivity index (χ1v) is 14.9. The van der Waals surface area contributed by atoms with Gasteiger partial charge in [-0.05, 0) is 58.7 Å². The van der Waals surface area contributed by atoms with Crippen LogP contribution in [0.5, 0.6) is 0 Å². The van der Waals surface area contributed by atoms with Gasteiger partial charge in [0.15, 0.2) is 9.84 Å². The topological polar surface area (TPSA) is 149 Å². The standard InChI is InChI=1S/C29H46N2O9S/c1-10-39-24(33)21(2)16-22-12-11-13-23(17-22)29(8,25(34)30-31(9)26(35)40-27(3,4)5)19-38-18-28(6,7)20-41(36,37)15-14-32/h11-13,16-17,32H,10,14-15,18-20H2,1-9H3,(H,30,34)/i8D3. The molecule has 1 aromatic rings. The third kappa shape index (κ3) is 12.2. The van der Waals surface area contributed by atoms with Gasteiger partial charge in [-0.25, -0.2) is 23.0 Å². The van der Waals surface area contributed by atoms with Gasteiger partial charge in [0.25, 0.3) is 5.91 Å². The number of sulfone groups is 1. The predicted octanol–water partition coefficient (Wildman–Crippen LogP) is 3.26. The van der Waals surface area contributed by atoms with Gasteiger partial charge in [0.1, 0.15) is 5.60 Å². The molecule has 1 rings (SSSR count). The van der Waals surface area contributed by atoms with Crippen LogP contribution in [0.25, 0.3) is 6.08 Å². The number of nitrogens with one attached hydrogen (secondary N) is 1. The smallest absolute Gasteiger partial charge is 0.428 e. The minimum absolute atomic E-state index is 0.0105. The molecule has 0 fully saturated rings. The molecule has 2 amide bonds. The van der Waals surface area contributed by atoms with E-state index in [4.69, 9.17) is 23.4 Å². The van der Waals surface area contributed by atoms with Gasteiger partial charge in [-0.15, -0.1) is 0 Å². The molecule has 0 saturated heterocycles. The Morgan fingerprint density at radius 2 is 1.80 bits per heavy atom. The largest absolute Gasteiger partial charge is 0.463 e. The maximum Gasteiger partial charge on any atom is 0.428 e. The zero-order chi connectivity index (χ0) is 34.1. The molecule has 1 atom stereocenters. The van der Waals surface area contributed by atoms with Gasteiger partial charge in [-0.3, -0.25) is 10.2 Å².